The molecule has 0 aliphatic carbocycles. The normalized spacial score (nSPS) is 11.6. The summed E-state index contributed by atoms with van der Waals surface area (Å²) < 4.78 is 10.9. The largest absolute Gasteiger partial charge is 0.444 e. The fourth-order valence-electron chi connectivity index (χ4n) is 2.30. The quantitative estimate of drug-likeness (QED) is 0.549. The van der Waals surface area contributed by atoms with Crippen molar-refractivity contribution < 1.29 is 8.94 Å². The Morgan fingerprint density at radius 2 is 1.88 bits per heavy atom. The molecule has 0 fully saturated rings. The number of oxazole rings is 1. The Morgan fingerprint density at radius 3 is 2.56 bits per heavy atom. The van der Waals surface area contributed by atoms with E-state index in [0.29, 0.717) is 24.9 Å². The summed E-state index contributed by atoms with van der Waals surface area (Å²) in [7, 11) is 1.71. The molecule has 0 bridgehead atoms. The van der Waals surface area contributed by atoms with Gasteiger partial charge in [-0.2, -0.15) is 0 Å². The number of aromatic nitrogens is 2. The van der Waals surface area contributed by atoms with Crippen LogP contribution in [0.3, 0.4) is 0 Å². The molecule has 0 saturated carbocycles. The number of hydrogen-bond donors (Lipinski definition) is 2. The zero-order chi connectivity index (χ0) is 17.6. The number of guanidine groups is 1. The average Bonchev–Trinajstić information content (AvgIpc) is 3.23. The van der Waals surface area contributed by atoms with E-state index in [4.69, 9.17) is 8.94 Å². The molecule has 0 radical (unpaired) electrons. The van der Waals surface area contributed by atoms with Gasteiger partial charge in [0.25, 0.3) is 0 Å². The molecule has 0 amide bonds. The van der Waals surface area contributed by atoms with E-state index in [1.807, 2.05) is 50.2 Å². The number of nitrogens with one attached hydrogen (secondary N) is 2. The lowest BCUT2D eigenvalue weighted by Crippen LogP contribution is -2.36. The second kappa shape index (κ2) is 7.65. The van der Waals surface area contributed by atoms with Crippen LogP contribution in [0.25, 0.3) is 11.3 Å². The van der Waals surface area contributed by atoms with Crippen LogP contribution < -0.4 is 10.6 Å². The number of rotatable bonds is 5. The van der Waals surface area contributed by atoms with Gasteiger partial charge in [0.05, 0.1) is 18.8 Å². The molecule has 0 aliphatic heterocycles. The lowest BCUT2D eigenvalue weighted by Gasteiger charge is -2.08. The van der Waals surface area contributed by atoms with Gasteiger partial charge in [-0.3, -0.25) is 4.99 Å². The zero-order valence-electron chi connectivity index (χ0n) is 14.5. The molecule has 7 nitrogen and oxygen atoms in total. The van der Waals surface area contributed by atoms with Crippen LogP contribution in [0.4, 0.5) is 0 Å². The lowest BCUT2D eigenvalue weighted by molar-refractivity contribution is 0.422. The molecule has 0 unspecified atom stereocenters. The lowest BCUT2D eigenvalue weighted by atomic mass is 10.2. The number of benzene rings is 1. The van der Waals surface area contributed by atoms with Gasteiger partial charge in [0.15, 0.2) is 11.7 Å². The van der Waals surface area contributed by atoms with Crippen LogP contribution in [-0.2, 0) is 13.1 Å². The van der Waals surface area contributed by atoms with E-state index in [0.717, 1.165) is 28.5 Å². The van der Waals surface area contributed by atoms with Crippen molar-refractivity contribution in [1.82, 2.24) is 20.8 Å². The Kier molecular flexibility index (Phi) is 5.13. The van der Waals surface area contributed by atoms with Gasteiger partial charge in [-0.1, -0.05) is 35.5 Å². The molecule has 1 aromatic carbocycles. The molecule has 2 aromatic heterocycles. The van der Waals surface area contributed by atoms with Gasteiger partial charge >= 0.3 is 0 Å². The highest BCUT2D eigenvalue weighted by atomic mass is 16.5. The third-order valence-corrected chi connectivity index (χ3v) is 3.76. The van der Waals surface area contributed by atoms with Gasteiger partial charge in [0.2, 0.25) is 5.89 Å². The molecular formula is C18H21N5O2. The van der Waals surface area contributed by atoms with Crippen LogP contribution in [0.5, 0.6) is 0 Å². The van der Waals surface area contributed by atoms with Gasteiger partial charge in [0, 0.05) is 18.7 Å². The topological polar surface area (TPSA) is 88.5 Å². The molecule has 130 valence electrons. The monoisotopic (exact) mass is 339 g/mol. The first-order valence-electron chi connectivity index (χ1n) is 8.04. The summed E-state index contributed by atoms with van der Waals surface area (Å²) in [5.41, 5.74) is 2.69. The van der Waals surface area contributed by atoms with Crippen LogP contribution in [0.1, 0.15) is 23.0 Å². The van der Waals surface area contributed by atoms with Crippen molar-refractivity contribution in [3.05, 3.63) is 59.4 Å². The highest BCUT2D eigenvalue weighted by molar-refractivity contribution is 5.79. The molecule has 2 heterocycles. The van der Waals surface area contributed by atoms with Crippen LogP contribution in [-0.4, -0.2) is 23.1 Å². The van der Waals surface area contributed by atoms with E-state index in [2.05, 4.69) is 25.8 Å². The Labute approximate surface area is 146 Å². The van der Waals surface area contributed by atoms with E-state index < -0.39 is 0 Å². The van der Waals surface area contributed by atoms with Crippen molar-refractivity contribution in [2.24, 2.45) is 4.99 Å². The Balaban J connectivity index is 1.54. The van der Waals surface area contributed by atoms with E-state index in [-0.39, 0.29) is 0 Å². The molecule has 25 heavy (non-hydrogen) atoms. The highest BCUT2D eigenvalue weighted by Gasteiger charge is 2.09. The first kappa shape index (κ1) is 16.8. The SMILES string of the molecule is CN=C(NCc1cc(-c2ccccc2)on1)NCc1nc(C)c(C)o1. The minimum atomic E-state index is 0.461. The van der Waals surface area contributed by atoms with Crippen molar-refractivity contribution in [1.29, 1.82) is 0 Å². The van der Waals surface area contributed by atoms with Crippen LogP contribution in [0.2, 0.25) is 0 Å². The molecular weight excluding hydrogens is 318 g/mol. The third kappa shape index (κ3) is 4.26. The van der Waals surface area contributed by atoms with Crippen molar-refractivity contribution in [2.45, 2.75) is 26.9 Å². The van der Waals surface area contributed by atoms with Crippen LogP contribution in [0.15, 0.2) is 50.3 Å². The second-order valence-electron chi connectivity index (χ2n) is 5.58. The highest BCUT2D eigenvalue weighted by Crippen LogP contribution is 2.19. The molecule has 0 aliphatic rings. The van der Waals surface area contributed by atoms with E-state index in [9.17, 15) is 0 Å². The Hall–Kier alpha value is -3.09. The minimum Gasteiger partial charge on any atom is -0.444 e. The summed E-state index contributed by atoms with van der Waals surface area (Å²) in [6.07, 6.45) is 0. The summed E-state index contributed by atoms with van der Waals surface area (Å²) in [6.45, 7) is 4.78. The minimum absolute atomic E-state index is 0.461. The summed E-state index contributed by atoms with van der Waals surface area (Å²) >= 11 is 0. The first-order valence-corrected chi connectivity index (χ1v) is 8.04. The third-order valence-electron chi connectivity index (χ3n) is 3.76. The number of aryl methyl sites for hydroxylation is 2. The van der Waals surface area contributed by atoms with Crippen LogP contribution >= 0.6 is 0 Å². The average molecular weight is 339 g/mol. The van der Waals surface area contributed by atoms with Crippen LogP contribution in [0, 0.1) is 13.8 Å². The smallest absolute Gasteiger partial charge is 0.214 e. The second-order valence-corrected chi connectivity index (χ2v) is 5.58. The molecule has 2 N–H and O–H groups in total. The fraction of sp³-hybridized carbons (Fsp3) is 0.278. The summed E-state index contributed by atoms with van der Waals surface area (Å²) in [5, 5.41) is 10.4. The van der Waals surface area contributed by atoms with Gasteiger partial charge in [-0.15, -0.1) is 0 Å². The molecule has 3 aromatic rings. The molecule has 0 spiro atoms. The predicted molar refractivity (Wildman–Crippen MR) is 95.0 cm³/mol. The van der Waals surface area contributed by atoms with Gasteiger partial charge in [0.1, 0.15) is 11.5 Å². The maximum Gasteiger partial charge on any atom is 0.214 e. The van der Waals surface area contributed by atoms with E-state index >= 15 is 0 Å². The van der Waals surface area contributed by atoms with Crippen molar-refractivity contribution >= 4 is 5.96 Å². The Morgan fingerprint density at radius 1 is 1.12 bits per heavy atom. The van der Waals surface area contributed by atoms with Crippen molar-refractivity contribution in [2.75, 3.05) is 7.05 Å². The van der Waals surface area contributed by atoms with E-state index in [1.165, 1.54) is 0 Å². The zero-order valence-corrected chi connectivity index (χ0v) is 14.5. The molecule has 7 heteroatoms. The summed E-state index contributed by atoms with van der Waals surface area (Å²) in [4.78, 5) is 8.51. The van der Waals surface area contributed by atoms with Gasteiger partial charge < -0.3 is 19.6 Å². The predicted octanol–water partition coefficient (Wildman–Crippen LogP) is 2.81. The standard InChI is InChI=1S/C18H21N5O2/c1-12-13(2)24-17(22-12)11-21-18(19-3)20-10-15-9-16(25-23-15)14-7-5-4-6-8-14/h4-9H,10-11H2,1-3H3,(H2,19,20,21). The summed E-state index contributed by atoms with van der Waals surface area (Å²) in [5.74, 6) is 2.84. The van der Waals surface area contributed by atoms with E-state index in [1.54, 1.807) is 7.05 Å². The molecule has 0 saturated heterocycles. The number of aliphatic imine (C=N–C) groups is 1. The Bertz CT molecular complexity index is 832. The molecule has 3 rings (SSSR count). The van der Waals surface area contributed by atoms with Crippen molar-refractivity contribution in [3.8, 4) is 11.3 Å². The van der Waals surface area contributed by atoms with Gasteiger partial charge in [-0.05, 0) is 13.8 Å². The number of hydrogen-bond acceptors (Lipinski definition) is 5. The molecule has 0 atom stereocenters. The maximum absolute atomic E-state index is 5.54. The van der Waals surface area contributed by atoms with Crippen molar-refractivity contribution in [3.63, 3.8) is 0 Å². The summed E-state index contributed by atoms with van der Waals surface area (Å²) in [6, 6.07) is 11.8. The maximum atomic E-state index is 5.54. The number of nitrogens with zero attached hydrogens (tertiary/aromatic N) is 3. The van der Waals surface area contributed by atoms with Gasteiger partial charge in [-0.25, -0.2) is 4.98 Å². The fourth-order valence-corrected chi connectivity index (χ4v) is 2.30. The first-order chi connectivity index (χ1) is 12.2.